The van der Waals surface area contributed by atoms with Crippen molar-refractivity contribution in [1.82, 2.24) is 80.5 Å². The van der Waals surface area contributed by atoms with E-state index in [9.17, 15) is 53.7 Å². The van der Waals surface area contributed by atoms with Crippen LogP contribution in [0.5, 0.6) is 5.75 Å². The molecule has 4 aliphatic heterocycles. The summed E-state index contributed by atoms with van der Waals surface area (Å²) in [6.45, 7) is 18.6. The summed E-state index contributed by atoms with van der Waals surface area (Å²) in [5.74, 6) is -7.53. The average Bonchev–Trinajstić information content (AvgIpc) is 1.59. The third-order valence-electron chi connectivity index (χ3n) is 26.3. The van der Waals surface area contributed by atoms with Crippen molar-refractivity contribution < 1.29 is 101 Å². The van der Waals surface area contributed by atoms with Crippen LogP contribution >= 0.6 is 0 Å². The number of aromatic hydroxyl groups is 1. The molecule has 40 heteroatoms. The largest absolute Gasteiger partial charge is 0.508 e. The molecule has 15 atom stereocenters. The van der Waals surface area contributed by atoms with E-state index < -0.39 is 89.8 Å². The number of aliphatic hydroxyl groups excluding tert-OH is 1. The Morgan fingerprint density at radius 3 is 2.15 bits per heavy atom. The monoisotopic (exact) mass is 1900 g/mol. The number of hydrogen-bond donors (Lipinski definition) is 8. The van der Waals surface area contributed by atoms with Crippen molar-refractivity contribution >= 4 is 86.8 Å². The number of nitrogens with one attached hydrogen (secondary N) is 4. The summed E-state index contributed by atoms with van der Waals surface area (Å²) in [4.78, 5) is 146. The van der Waals surface area contributed by atoms with Crippen LogP contribution in [0, 0.1) is 35.5 Å². The number of piperazine rings is 1. The summed E-state index contributed by atoms with van der Waals surface area (Å²) in [7, 11) is 4.55. The van der Waals surface area contributed by atoms with Crippen molar-refractivity contribution in [3.63, 3.8) is 0 Å². The Balaban J connectivity index is 0.499. The molecule has 4 fully saturated rings. The van der Waals surface area contributed by atoms with E-state index in [1.807, 2.05) is 62.1 Å². The van der Waals surface area contributed by atoms with Gasteiger partial charge >= 0.3 is 12.1 Å². The number of aromatic amines is 1. The molecule has 12 rings (SSSR count). The van der Waals surface area contributed by atoms with E-state index in [0.717, 1.165) is 27.7 Å². The molecular formula is C97H135N19O21. The highest BCUT2D eigenvalue weighted by atomic mass is 16.6. The number of ether oxygens (including phenoxy) is 10. The van der Waals surface area contributed by atoms with Crippen LogP contribution in [0.2, 0.25) is 0 Å². The lowest BCUT2D eigenvalue weighted by molar-refractivity contribution is -0.265. The van der Waals surface area contributed by atoms with Crippen molar-refractivity contribution in [3.8, 4) is 17.1 Å². The molecule has 0 unspecified atom stereocenters. The molecule has 7 aromatic rings. The lowest BCUT2D eigenvalue weighted by atomic mass is 9.77. The number of phenols is 1. The number of benzene rings is 1. The highest BCUT2D eigenvalue weighted by Gasteiger charge is 2.53. The maximum atomic E-state index is 14.8. The van der Waals surface area contributed by atoms with Gasteiger partial charge in [0.1, 0.15) is 66.0 Å². The Kier molecular flexibility index (Phi) is 39.1. The number of esters is 1. The van der Waals surface area contributed by atoms with Gasteiger partial charge in [-0.1, -0.05) is 76.3 Å². The molecule has 3 saturated heterocycles. The number of aryl methyl sites for hydroxylation is 1. The number of ketones is 3. The topological polar surface area (TPSA) is 503 Å². The lowest BCUT2D eigenvalue weighted by Crippen LogP contribution is -2.61. The maximum Gasteiger partial charge on any atom is 0.407 e. The van der Waals surface area contributed by atoms with Gasteiger partial charge in [0.25, 0.3) is 17.6 Å². The predicted molar refractivity (Wildman–Crippen MR) is 505 cm³/mol. The van der Waals surface area contributed by atoms with E-state index in [4.69, 9.17) is 58.2 Å². The molecule has 6 aromatic heterocycles. The number of nitrogens with two attached hydrogens (primary N) is 1. The first-order chi connectivity index (χ1) is 66.1. The van der Waals surface area contributed by atoms with Gasteiger partial charge in [0, 0.05) is 159 Å². The summed E-state index contributed by atoms with van der Waals surface area (Å²) in [6, 6.07) is 5.53. The summed E-state index contributed by atoms with van der Waals surface area (Å²) in [5.41, 5.74) is 11.8. The zero-order chi connectivity index (χ0) is 97.7. The highest BCUT2D eigenvalue weighted by molar-refractivity contribution is 6.39. The fraction of sp³-hybridized carbons (Fsp3) is 0.598. The number of aliphatic hydroxyl groups is 2. The maximum absolute atomic E-state index is 14.8. The Morgan fingerprint density at radius 2 is 1.45 bits per heavy atom. The number of H-pyrrole nitrogens is 1. The number of alkyl carbamates (subject to hydrolysis) is 1. The summed E-state index contributed by atoms with van der Waals surface area (Å²) in [5, 5.41) is 57.3. The van der Waals surface area contributed by atoms with Gasteiger partial charge in [0.2, 0.25) is 23.6 Å². The molecule has 5 aliphatic rings. The minimum absolute atomic E-state index is 0.0137. The Morgan fingerprint density at radius 1 is 0.737 bits per heavy atom. The fourth-order valence-electron chi connectivity index (χ4n) is 18.2. The molecule has 1 saturated carbocycles. The van der Waals surface area contributed by atoms with Gasteiger partial charge in [-0.25, -0.2) is 48.9 Å². The van der Waals surface area contributed by atoms with Crippen molar-refractivity contribution in [3.05, 3.63) is 126 Å². The summed E-state index contributed by atoms with van der Waals surface area (Å²) in [6.07, 6.45) is 21.4. The SMILES string of the molecule is CO[C@H]1C[C@@H]2CC[C@@H](C)[C@@](O)(O2)C(=O)C(=O)N2CCCC[C@H]2C(=O)O[C@H]([C@H](C)C[C@@H]2CC[C@H](n3cc(COC(=O)NCCOCCOCCOCCOCCC(=O)NCc4cnc(N5CCN(c6ncc(C(=O)NCCCCn7nc(-c8cc9cc(O)ccc9[nH]8)c8c(N)ncnc87)cn6)CC5)nc4)nn3)[C@H](OC)C2)CC(=O)[C@H](C)/C=C(\C)[C@@H](O)[C@@H](OC)C(=O)[C@H](C)C[C@H](C)/C=C/C=C/C=C/1C. The van der Waals surface area contributed by atoms with Crippen LogP contribution in [-0.2, 0) is 95.8 Å². The van der Waals surface area contributed by atoms with E-state index in [0.29, 0.717) is 194 Å². The van der Waals surface area contributed by atoms with Crippen LogP contribution in [-0.4, -0.2) is 295 Å². The number of fused-ring (bicyclic) bond motifs is 5. The normalized spacial score (nSPS) is 26.0. The van der Waals surface area contributed by atoms with Crippen LogP contribution in [0.15, 0.2) is 109 Å². The number of carbonyl (C=O) groups is 8. The van der Waals surface area contributed by atoms with Crippen molar-refractivity contribution in [1.29, 1.82) is 0 Å². The summed E-state index contributed by atoms with van der Waals surface area (Å²) >= 11 is 0. The van der Waals surface area contributed by atoms with Crippen molar-refractivity contribution in [2.75, 3.05) is 136 Å². The number of phenolic OH excluding ortho intramolecular Hbond substituents is 1. The zero-order valence-electron chi connectivity index (χ0n) is 80.2. The summed E-state index contributed by atoms with van der Waals surface area (Å²) < 4.78 is 61.7. The number of rotatable bonds is 35. The van der Waals surface area contributed by atoms with Crippen LogP contribution < -0.4 is 31.5 Å². The third kappa shape index (κ3) is 28.9. The number of nitrogens with zero attached hydrogens (tertiary/aromatic N) is 14. The quantitative estimate of drug-likeness (QED) is 0.00800. The number of hydrogen-bond acceptors (Lipinski definition) is 33. The molecule has 9 N–H and O–H groups in total. The first-order valence-electron chi connectivity index (χ1n) is 47.7. The fourth-order valence-corrected chi connectivity index (χ4v) is 18.2. The Bertz CT molecular complexity index is 5290. The van der Waals surface area contributed by atoms with Gasteiger partial charge in [-0.3, -0.25) is 28.8 Å². The molecule has 10 heterocycles. The molecule has 137 heavy (non-hydrogen) atoms. The number of piperidine rings is 1. The Labute approximate surface area is 797 Å². The number of nitrogen functional groups attached to an aromatic ring is 1. The van der Waals surface area contributed by atoms with Gasteiger partial charge in [-0.05, 0) is 144 Å². The number of cyclic esters (lactones) is 1. The molecule has 1 aromatic carbocycles. The number of aromatic nitrogens is 12. The molecule has 0 spiro atoms. The van der Waals surface area contributed by atoms with E-state index in [1.54, 1.807) is 94.1 Å². The highest BCUT2D eigenvalue weighted by Crippen LogP contribution is 2.41. The van der Waals surface area contributed by atoms with Crippen molar-refractivity contribution in [2.24, 2.45) is 35.5 Å². The first-order valence-corrected chi connectivity index (χ1v) is 47.7. The number of Topliss-reactive ketones (excluding diaryl/α,β-unsaturated/α-hetero) is 3. The Hall–Kier alpha value is -11.5. The van der Waals surface area contributed by atoms with Crippen LogP contribution in [0.1, 0.15) is 172 Å². The second-order valence-electron chi connectivity index (χ2n) is 36.3. The second-order valence-corrected chi connectivity index (χ2v) is 36.3. The van der Waals surface area contributed by atoms with Crippen molar-refractivity contribution in [2.45, 2.75) is 219 Å². The average molecular weight is 1900 g/mol. The van der Waals surface area contributed by atoms with E-state index in [-0.39, 0.29) is 125 Å². The van der Waals surface area contributed by atoms with Gasteiger partial charge < -0.3 is 104 Å². The molecule has 744 valence electrons. The molecule has 40 nitrogen and oxygen atoms in total. The van der Waals surface area contributed by atoms with Gasteiger partial charge in [0.05, 0.1) is 100 Å². The number of allylic oxidation sites excluding steroid dienone is 6. The lowest BCUT2D eigenvalue weighted by Gasteiger charge is -2.42. The number of methoxy groups -OCH3 is 3. The molecule has 2 bridgehead atoms. The van der Waals surface area contributed by atoms with Crippen LogP contribution in [0.4, 0.5) is 22.5 Å². The number of carbonyl (C=O) groups excluding carboxylic acids is 8. The third-order valence-corrected chi connectivity index (χ3v) is 26.3. The number of anilines is 3. The minimum atomic E-state index is -2.49. The van der Waals surface area contributed by atoms with E-state index >= 15 is 0 Å². The first kappa shape index (κ1) is 104. The standard InChI is InChI=1S/C97H135N19O21/c1-60-18-12-11-13-19-61(2)79(128-8)50-73-24-21-66(7)97(127,137-73)88(122)92(124)114-30-16-14-20-77(114)93(125)136-80(51-78(118)62(3)45-65(6)86(121)87(130-10)85(120)64(5)44-60)63(4)46-67-22-26-76(81(47-67)129-9)116-57-71(109-111-116)58-135-96(126)100-29-37-132-39-41-134-43-42-133-40-38-131-36-27-82(119)101-52-68-53-102-94(103-54-68)112-32-34-113(35-33-112)95-104-55-70(56-105-95)91(123)99-28-15-17-31-115-90-83(89(98)106-59-107-90)84(110-115)75-49-69-48-72(117)23-25-74(69)108-75/h11-13,18-19,23,25,45,48-49,53-57,59-60,62-64,66-67,73,76-77,79-81,86-87,108,117,121,127H,14-17,20-22,24,26-44,46-47,50-52,58H2,1-10H3,(H,99,123)(H,100,126)(H,101,119)(H2,98,106,107)/b13-11+,18-12+,61-19+,65-45+/t60-,62-,63-,64-,66-,67+,73+,76+,77+,79+,80+,81-,86-,87+,97-/m1/s1. The van der Waals surface area contributed by atoms with Gasteiger partial charge in [-0.15, -0.1) is 5.10 Å². The second kappa shape index (κ2) is 51.3. The van der Waals surface area contributed by atoms with E-state index in [2.05, 4.69) is 66.1 Å². The molecular weight excluding hydrogens is 1770 g/mol. The minimum Gasteiger partial charge on any atom is -0.508 e. The van der Waals surface area contributed by atoms with Gasteiger partial charge in [0.15, 0.2) is 11.4 Å². The molecule has 0 radical (unpaired) electrons. The van der Waals surface area contributed by atoms with E-state index in [1.165, 1.54) is 30.7 Å². The molecule has 4 amide bonds. The molecule has 1 aliphatic carbocycles. The number of amides is 4. The predicted octanol–water partition coefficient (Wildman–Crippen LogP) is 8.34. The van der Waals surface area contributed by atoms with Gasteiger partial charge in [-0.2, -0.15) is 5.10 Å². The van der Waals surface area contributed by atoms with Crippen LogP contribution in [0.25, 0.3) is 33.3 Å². The zero-order valence-corrected chi connectivity index (χ0v) is 80.2. The number of unbranched alkanes of at least 4 members (excludes halogenated alkanes) is 1. The smallest absolute Gasteiger partial charge is 0.407 e. The van der Waals surface area contributed by atoms with Crippen LogP contribution in [0.3, 0.4) is 0 Å².